The van der Waals surface area contributed by atoms with Gasteiger partial charge in [0.05, 0.1) is 0 Å². The number of hydrogen-bond donors (Lipinski definition) is 1. The van der Waals surface area contributed by atoms with Gasteiger partial charge in [-0.05, 0) is 69.1 Å². The van der Waals surface area contributed by atoms with Crippen LogP contribution in [0.15, 0.2) is 99.9 Å². The van der Waals surface area contributed by atoms with Crippen LogP contribution in [0.25, 0.3) is 0 Å². The third kappa shape index (κ3) is 9.79. The summed E-state index contributed by atoms with van der Waals surface area (Å²) in [6.45, 7) is 8.83. The molecule has 174 valence electrons. The highest BCUT2D eigenvalue weighted by Crippen LogP contribution is 2.29. The van der Waals surface area contributed by atoms with Gasteiger partial charge in [-0.15, -0.1) is 23.5 Å². The molecule has 0 radical (unpaired) electrons. The molecule has 1 aromatic rings. The van der Waals surface area contributed by atoms with Crippen LogP contribution >= 0.6 is 23.5 Å². The van der Waals surface area contributed by atoms with Gasteiger partial charge in [0.1, 0.15) is 12.4 Å². The summed E-state index contributed by atoms with van der Waals surface area (Å²) in [6, 6.07) is 7.35. The molecule has 0 saturated carbocycles. The number of rotatable bonds is 13. The number of allylic oxidation sites excluding steroid dienone is 9. The monoisotopic (exact) mass is 492 g/mol. The number of aliphatic hydroxyl groups is 1. The topological polar surface area (TPSA) is 55.8 Å². The fourth-order valence-corrected chi connectivity index (χ4v) is 3.59. The van der Waals surface area contributed by atoms with E-state index in [2.05, 4.69) is 6.58 Å². The van der Waals surface area contributed by atoms with Crippen LogP contribution < -0.4 is 0 Å². The van der Waals surface area contributed by atoms with E-state index in [1.54, 1.807) is 73.0 Å². The van der Waals surface area contributed by atoms with Crippen LogP contribution in [0.5, 0.6) is 0 Å². The van der Waals surface area contributed by atoms with Crippen LogP contribution in [0.2, 0.25) is 0 Å². The van der Waals surface area contributed by atoms with Gasteiger partial charge in [0.2, 0.25) is 0 Å². The van der Waals surface area contributed by atoms with Crippen molar-refractivity contribution in [2.75, 3.05) is 19.1 Å². The van der Waals surface area contributed by atoms with E-state index in [1.807, 2.05) is 56.1 Å². The Kier molecular flexibility index (Phi) is 13.4. The van der Waals surface area contributed by atoms with Gasteiger partial charge in [0, 0.05) is 15.4 Å². The molecule has 2 unspecified atom stereocenters. The lowest BCUT2D eigenvalue weighted by atomic mass is 10.1. The first kappa shape index (κ1) is 28.3. The molecule has 0 fully saturated rings. The summed E-state index contributed by atoms with van der Waals surface area (Å²) in [7, 11) is 0. The van der Waals surface area contributed by atoms with Crippen molar-refractivity contribution in [1.82, 2.24) is 0 Å². The molecule has 2 atom stereocenters. The second-order valence-corrected chi connectivity index (χ2v) is 9.61. The highest BCUT2D eigenvalue weighted by Gasteiger charge is 2.34. The Balaban J connectivity index is 3.21. The quantitative estimate of drug-likeness (QED) is 0.144. The molecule has 1 N–H and O–H groups in total. The third-order valence-electron chi connectivity index (χ3n) is 4.16. The molecule has 32 heavy (non-hydrogen) atoms. The third-order valence-corrected chi connectivity index (χ3v) is 6.33. The van der Waals surface area contributed by atoms with E-state index in [0.29, 0.717) is 16.2 Å². The first-order chi connectivity index (χ1) is 15.3. The van der Waals surface area contributed by atoms with E-state index < -0.39 is 16.9 Å². The van der Waals surface area contributed by atoms with Crippen molar-refractivity contribution in [3.05, 3.63) is 101 Å². The van der Waals surface area contributed by atoms with Crippen molar-refractivity contribution < 1.29 is 18.2 Å². The maximum atomic E-state index is 12.6. The van der Waals surface area contributed by atoms with Crippen LogP contribution in [0, 0.1) is 0 Å². The maximum Gasteiger partial charge on any atom is 0.259 e. The molecule has 0 saturated heterocycles. The smallest absolute Gasteiger partial charge is 0.259 e. The molecule has 4 nitrogen and oxygen atoms in total. The standard InChI is InChI=1S/C25H32O4S3/c1-7-10-23(11-9-18-30-5)29-25(26,22-14-16-24(31-6)17-15-22)19-28-32(27)21(4)13-12-20(3)8-2/h7-18,26H,2,19H2,1,3-6H3/b10-7-,18-9+,20-12-,21-13+,23-11+. The normalized spacial score (nSPS) is 16.4. The Morgan fingerprint density at radius 3 is 2.44 bits per heavy atom. The molecule has 1 aromatic carbocycles. The van der Waals surface area contributed by atoms with Crippen molar-refractivity contribution in [2.24, 2.45) is 0 Å². The van der Waals surface area contributed by atoms with Crippen LogP contribution in [0.3, 0.4) is 0 Å². The Bertz CT molecular complexity index is 912. The van der Waals surface area contributed by atoms with Gasteiger partial charge in [0.15, 0.2) is 11.1 Å². The Morgan fingerprint density at radius 1 is 1.19 bits per heavy atom. The first-order valence-electron chi connectivity index (χ1n) is 9.90. The van der Waals surface area contributed by atoms with Crippen molar-refractivity contribution in [3.8, 4) is 0 Å². The van der Waals surface area contributed by atoms with Gasteiger partial charge in [0.25, 0.3) is 5.79 Å². The summed E-state index contributed by atoms with van der Waals surface area (Å²) in [6.07, 6.45) is 16.3. The zero-order valence-electron chi connectivity index (χ0n) is 19.2. The SMILES string of the molecule is C=C/C(C)=C\C=C(/C)S(=O)OCC(O)(OC(/C=C\C)=C/C=C/SC)c1ccc(SC)cc1. The average Bonchev–Trinajstić information content (AvgIpc) is 2.81. The molecule has 0 aliphatic rings. The van der Waals surface area contributed by atoms with Crippen molar-refractivity contribution in [3.63, 3.8) is 0 Å². The van der Waals surface area contributed by atoms with Crippen LogP contribution in [-0.2, 0) is 25.8 Å². The summed E-state index contributed by atoms with van der Waals surface area (Å²) in [5, 5.41) is 13.3. The molecule has 7 heteroatoms. The van der Waals surface area contributed by atoms with Gasteiger partial charge in [-0.2, -0.15) is 0 Å². The summed E-state index contributed by atoms with van der Waals surface area (Å²) in [4.78, 5) is 1.56. The molecule has 0 aromatic heterocycles. The Hall–Kier alpha value is -1.77. The zero-order valence-corrected chi connectivity index (χ0v) is 21.7. The van der Waals surface area contributed by atoms with E-state index in [0.717, 1.165) is 10.5 Å². The van der Waals surface area contributed by atoms with E-state index >= 15 is 0 Å². The molecular weight excluding hydrogens is 460 g/mol. The second kappa shape index (κ2) is 15.1. The van der Waals surface area contributed by atoms with Crippen LogP contribution in [0.1, 0.15) is 26.3 Å². The molecule has 0 aliphatic heterocycles. The molecule has 0 spiro atoms. The number of ether oxygens (including phenoxy) is 1. The maximum absolute atomic E-state index is 12.6. The Morgan fingerprint density at radius 2 is 1.88 bits per heavy atom. The Labute approximate surface area is 203 Å². The van der Waals surface area contributed by atoms with Gasteiger partial charge < -0.3 is 9.84 Å². The van der Waals surface area contributed by atoms with Crippen LogP contribution in [0.4, 0.5) is 0 Å². The fourth-order valence-electron chi connectivity index (χ4n) is 2.32. The van der Waals surface area contributed by atoms with Crippen LogP contribution in [-0.4, -0.2) is 28.4 Å². The lowest BCUT2D eigenvalue weighted by Gasteiger charge is -2.29. The van der Waals surface area contributed by atoms with E-state index in [9.17, 15) is 9.32 Å². The van der Waals surface area contributed by atoms with Gasteiger partial charge in [-0.1, -0.05) is 48.6 Å². The van der Waals surface area contributed by atoms with E-state index in [4.69, 9.17) is 8.92 Å². The molecular formula is C25H32O4S3. The average molecular weight is 493 g/mol. The first-order valence-corrected chi connectivity index (χ1v) is 13.5. The van der Waals surface area contributed by atoms with Gasteiger partial charge in [-0.25, -0.2) is 4.21 Å². The highest BCUT2D eigenvalue weighted by molar-refractivity contribution is 8.01. The highest BCUT2D eigenvalue weighted by atomic mass is 32.2. The second-order valence-electron chi connectivity index (χ2n) is 6.64. The molecule has 0 bridgehead atoms. The molecule has 0 heterocycles. The lowest BCUT2D eigenvalue weighted by Crippen LogP contribution is -2.35. The minimum absolute atomic E-state index is 0.325. The fraction of sp³-hybridized carbons (Fsp3) is 0.280. The summed E-state index contributed by atoms with van der Waals surface area (Å²) in [5.74, 6) is -1.39. The van der Waals surface area contributed by atoms with Crippen molar-refractivity contribution >= 4 is 34.6 Å². The lowest BCUT2D eigenvalue weighted by molar-refractivity contribution is -0.200. The van der Waals surface area contributed by atoms with E-state index in [1.165, 1.54) is 0 Å². The number of hydrogen-bond acceptors (Lipinski definition) is 6. The zero-order chi connectivity index (χ0) is 24.0. The summed E-state index contributed by atoms with van der Waals surface area (Å²) < 4.78 is 24.1. The predicted octanol–water partition coefficient (Wildman–Crippen LogP) is 6.62. The van der Waals surface area contributed by atoms with Crippen molar-refractivity contribution in [1.29, 1.82) is 0 Å². The number of benzene rings is 1. The summed E-state index contributed by atoms with van der Waals surface area (Å²) in [5.41, 5.74) is 1.44. The van der Waals surface area contributed by atoms with Gasteiger partial charge in [-0.3, -0.25) is 4.18 Å². The van der Waals surface area contributed by atoms with Gasteiger partial charge >= 0.3 is 0 Å². The van der Waals surface area contributed by atoms with Crippen molar-refractivity contribution in [2.45, 2.75) is 31.5 Å². The molecule has 0 amide bonds. The largest absolute Gasteiger partial charge is 0.456 e. The molecule has 1 rings (SSSR count). The number of thioether (sulfide) groups is 2. The summed E-state index contributed by atoms with van der Waals surface area (Å²) >= 11 is 1.40. The predicted molar refractivity (Wildman–Crippen MR) is 141 cm³/mol. The minimum atomic E-state index is -1.84. The molecule has 0 aliphatic carbocycles. The van der Waals surface area contributed by atoms with E-state index in [-0.39, 0.29) is 6.61 Å². The minimum Gasteiger partial charge on any atom is -0.456 e.